The van der Waals surface area contributed by atoms with Crippen molar-refractivity contribution in [3.05, 3.63) is 6.08 Å². The predicted molar refractivity (Wildman–Crippen MR) is 56.6 cm³/mol. The number of hydrogen-bond acceptors (Lipinski definition) is 5. The molecule has 0 radical (unpaired) electrons. The standard InChI is InChI=1S/C10H14N2O5/c1-10(2,3)17-8(14)11-12-6-7(4-5-13)16-9(12)15/h4,7H,6H2,1-3H3,(H,11,14). The number of hydrogen-bond donors (Lipinski definition) is 1. The van der Waals surface area contributed by atoms with Gasteiger partial charge in [0, 0.05) is 6.08 Å². The van der Waals surface area contributed by atoms with Crippen molar-refractivity contribution < 1.29 is 23.9 Å². The van der Waals surface area contributed by atoms with Crippen LogP contribution in [0.3, 0.4) is 0 Å². The molecule has 94 valence electrons. The molecule has 0 aromatic carbocycles. The fraction of sp³-hybridized carbons (Fsp3) is 0.600. The molecule has 0 aliphatic carbocycles. The van der Waals surface area contributed by atoms with E-state index in [1.807, 2.05) is 0 Å². The molecule has 0 spiro atoms. The Labute approximate surface area is 98.3 Å². The van der Waals surface area contributed by atoms with E-state index < -0.39 is 23.9 Å². The minimum absolute atomic E-state index is 0.0489. The molecule has 1 N–H and O–H groups in total. The van der Waals surface area contributed by atoms with Crippen LogP contribution in [0.15, 0.2) is 6.08 Å². The average molecular weight is 242 g/mol. The van der Waals surface area contributed by atoms with Crippen molar-refractivity contribution in [2.24, 2.45) is 0 Å². The number of ether oxygens (including phenoxy) is 2. The summed E-state index contributed by atoms with van der Waals surface area (Å²) in [5.41, 5.74) is 1.56. The van der Waals surface area contributed by atoms with E-state index in [4.69, 9.17) is 9.47 Å². The Kier molecular flexibility index (Phi) is 3.75. The minimum Gasteiger partial charge on any atom is -0.443 e. The molecule has 1 atom stereocenters. The number of rotatable bonds is 2. The van der Waals surface area contributed by atoms with Crippen LogP contribution in [-0.4, -0.2) is 41.4 Å². The zero-order valence-electron chi connectivity index (χ0n) is 9.85. The molecule has 17 heavy (non-hydrogen) atoms. The van der Waals surface area contributed by atoms with Crippen molar-refractivity contribution in [1.29, 1.82) is 0 Å². The number of amides is 2. The monoisotopic (exact) mass is 242 g/mol. The second kappa shape index (κ2) is 4.88. The van der Waals surface area contributed by atoms with Gasteiger partial charge in [0.05, 0.1) is 6.54 Å². The largest absolute Gasteiger partial charge is 0.443 e. The van der Waals surface area contributed by atoms with Gasteiger partial charge in [-0.2, -0.15) is 0 Å². The molecule has 0 aromatic rings. The lowest BCUT2D eigenvalue weighted by atomic mass is 10.2. The van der Waals surface area contributed by atoms with Gasteiger partial charge < -0.3 is 9.47 Å². The Morgan fingerprint density at radius 2 is 2.29 bits per heavy atom. The summed E-state index contributed by atoms with van der Waals surface area (Å²) in [5, 5.41) is 0.937. The fourth-order valence-electron chi connectivity index (χ4n) is 1.15. The van der Waals surface area contributed by atoms with Crippen LogP contribution >= 0.6 is 0 Å². The van der Waals surface area contributed by atoms with Gasteiger partial charge in [0.25, 0.3) is 0 Å². The first-order chi connectivity index (χ1) is 7.81. The summed E-state index contributed by atoms with van der Waals surface area (Å²) in [6.45, 7) is 5.15. The number of hydrazine groups is 1. The smallest absolute Gasteiger partial charge is 0.429 e. The van der Waals surface area contributed by atoms with E-state index in [0.29, 0.717) is 0 Å². The summed E-state index contributed by atoms with van der Waals surface area (Å²) in [7, 11) is 0. The Morgan fingerprint density at radius 3 is 2.82 bits per heavy atom. The minimum atomic E-state index is -0.759. The number of cyclic esters (lactones) is 1. The highest BCUT2D eigenvalue weighted by atomic mass is 16.6. The molecule has 1 fully saturated rings. The number of nitrogens with one attached hydrogen (secondary N) is 1. The maximum absolute atomic E-state index is 11.4. The summed E-state index contributed by atoms with van der Waals surface area (Å²) in [6, 6.07) is 0. The molecular weight excluding hydrogens is 228 g/mol. The summed E-state index contributed by atoms with van der Waals surface area (Å²) in [6.07, 6.45) is -1.14. The van der Waals surface area contributed by atoms with Crippen molar-refractivity contribution in [2.45, 2.75) is 32.5 Å². The molecule has 1 heterocycles. The van der Waals surface area contributed by atoms with E-state index in [-0.39, 0.29) is 6.54 Å². The fourth-order valence-corrected chi connectivity index (χ4v) is 1.15. The van der Waals surface area contributed by atoms with Crippen molar-refractivity contribution in [2.75, 3.05) is 6.54 Å². The van der Waals surface area contributed by atoms with Gasteiger partial charge in [0.2, 0.25) is 0 Å². The maximum atomic E-state index is 11.4. The van der Waals surface area contributed by atoms with Gasteiger partial charge in [-0.05, 0) is 20.8 Å². The highest BCUT2D eigenvalue weighted by molar-refractivity contribution is 5.76. The predicted octanol–water partition coefficient (Wildman–Crippen LogP) is 0.635. The number of nitrogens with zero attached hydrogens (tertiary/aromatic N) is 1. The van der Waals surface area contributed by atoms with Crippen LogP contribution in [-0.2, 0) is 14.3 Å². The van der Waals surface area contributed by atoms with Gasteiger partial charge in [0.15, 0.2) is 6.10 Å². The van der Waals surface area contributed by atoms with Gasteiger partial charge in [0.1, 0.15) is 11.5 Å². The molecule has 1 aliphatic rings. The van der Waals surface area contributed by atoms with Crippen LogP contribution in [0.1, 0.15) is 20.8 Å². The Balaban J connectivity index is 2.50. The van der Waals surface area contributed by atoms with Crippen molar-refractivity contribution in [3.63, 3.8) is 0 Å². The van der Waals surface area contributed by atoms with Crippen molar-refractivity contribution >= 4 is 18.1 Å². The second-order valence-corrected chi connectivity index (χ2v) is 4.43. The first-order valence-corrected chi connectivity index (χ1v) is 5.00. The van der Waals surface area contributed by atoms with Crippen LogP contribution < -0.4 is 5.43 Å². The third kappa shape index (κ3) is 4.16. The van der Waals surface area contributed by atoms with Crippen LogP contribution in [0.5, 0.6) is 0 Å². The van der Waals surface area contributed by atoms with Crippen LogP contribution in [0.4, 0.5) is 9.59 Å². The summed E-state index contributed by atoms with van der Waals surface area (Å²) < 4.78 is 9.70. The van der Waals surface area contributed by atoms with E-state index in [1.54, 1.807) is 20.8 Å². The van der Waals surface area contributed by atoms with Gasteiger partial charge >= 0.3 is 12.2 Å². The molecule has 2 amide bonds. The maximum Gasteiger partial charge on any atom is 0.429 e. The SMILES string of the molecule is CC(C)(C)OC(=O)NN1CC(C=C=O)OC1=O. The molecule has 1 rings (SSSR count). The van der Waals surface area contributed by atoms with E-state index in [0.717, 1.165) is 11.1 Å². The van der Waals surface area contributed by atoms with Gasteiger partial charge in [-0.3, -0.25) is 0 Å². The van der Waals surface area contributed by atoms with Crippen molar-refractivity contribution in [1.82, 2.24) is 10.4 Å². The molecule has 7 heteroatoms. The molecule has 0 aromatic heterocycles. The van der Waals surface area contributed by atoms with Crippen LogP contribution in [0, 0.1) is 0 Å². The first kappa shape index (κ1) is 13.1. The van der Waals surface area contributed by atoms with E-state index >= 15 is 0 Å². The molecule has 7 nitrogen and oxygen atoms in total. The number of carbonyl (C=O) groups is 2. The first-order valence-electron chi connectivity index (χ1n) is 5.00. The Hall–Kier alpha value is -2.01. The van der Waals surface area contributed by atoms with Gasteiger partial charge in [-0.25, -0.2) is 24.8 Å². The highest BCUT2D eigenvalue weighted by Gasteiger charge is 2.32. The lowest BCUT2D eigenvalue weighted by molar-refractivity contribution is 0.0389. The Morgan fingerprint density at radius 1 is 1.65 bits per heavy atom. The van der Waals surface area contributed by atoms with E-state index in [9.17, 15) is 14.4 Å². The molecule has 0 saturated carbocycles. The summed E-state index contributed by atoms with van der Waals surface area (Å²) in [5.74, 6) is 1.52. The second-order valence-electron chi connectivity index (χ2n) is 4.43. The van der Waals surface area contributed by atoms with Crippen molar-refractivity contribution in [3.8, 4) is 0 Å². The zero-order valence-corrected chi connectivity index (χ0v) is 9.85. The summed E-state index contributed by atoms with van der Waals surface area (Å²) >= 11 is 0. The third-order valence-corrected chi connectivity index (χ3v) is 1.71. The topological polar surface area (TPSA) is 84.9 Å². The van der Waals surface area contributed by atoms with Crippen LogP contribution in [0.2, 0.25) is 0 Å². The quantitative estimate of drug-likeness (QED) is 0.718. The van der Waals surface area contributed by atoms with E-state index in [2.05, 4.69) is 5.43 Å². The summed E-state index contributed by atoms with van der Waals surface area (Å²) in [4.78, 5) is 32.7. The highest BCUT2D eigenvalue weighted by Crippen LogP contribution is 2.11. The normalized spacial score (nSPS) is 19.4. The van der Waals surface area contributed by atoms with Gasteiger partial charge in [-0.15, -0.1) is 0 Å². The Bertz CT molecular complexity index is 367. The molecule has 1 aliphatic heterocycles. The zero-order chi connectivity index (χ0) is 13.1. The third-order valence-electron chi connectivity index (χ3n) is 1.71. The molecule has 1 unspecified atom stereocenters. The molecular formula is C10H14N2O5. The molecule has 0 bridgehead atoms. The lowest BCUT2D eigenvalue weighted by Gasteiger charge is -2.21. The van der Waals surface area contributed by atoms with Crippen LogP contribution in [0.25, 0.3) is 0 Å². The molecule has 1 saturated heterocycles. The number of carbonyl (C=O) groups excluding carboxylic acids is 3. The average Bonchev–Trinajstić information content (AvgIpc) is 2.44. The van der Waals surface area contributed by atoms with Gasteiger partial charge in [-0.1, -0.05) is 0 Å². The lowest BCUT2D eigenvalue weighted by Crippen LogP contribution is -2.45. The van der Waals surface area contributed by atoms with E-state index in [1.165, 1.54) is 5.94 Å².